The Morgan fingerprint density at radius 1 is 1.27 bits per heavy atom. The maximum absolute atomic E-state index is 12.7. The Bertz CT molecular complexity index is 884. The van der Waals surface area contributed by atoms with Gasteiger partial charge in [0, 0.05) is 23.5 Å². The molecule has 3 aromatic rings. The van der Waals surface area contributed by atoms with E-state index in [-0.39, 0.29) is 5.91 Å². The molecule has 4 nitrogen and oxygen atoms in total. The molecule has 0 saturated carbocycles. The van der Waals surface area contributed by atoms with Gasteiger partial charge >= 0.3 is 0 Å². The normalized spacial score (nSPS) is 17.8. The summed E-state index contributed by atoms with van der Waals surface area (Å²) < 4.78 is 2.14. The zero-order valence-electron chi connectivity index (χ0n) is 15.1. The van der Waals surface area contributed by atoms with Crippen LogP contribution in [0.4, 0.5) is 0 Å². The lowest BCUT2D eigenvalue weighted by Crippen LogP contribution is -2.41. The number of likely N-dealkylation sites (tertiary alicyclic amines) is 1. The van der Waals surface area contributed by atoms with Crippen molar-refractivity contribution in [3.63, 3.8) is 0 Å². The van der Waals surface area contributed by atoms with Gasteiger partial charge in [-0.3, -0.25) is 9.69 Å². The minimum Gasteiger partial charge on any atom is -0.353 e. The number of carbonyl (C=O) groups excluding carboxylic acids is 1. The Labute approximate surface area is 158 Å². The number of thiophene rings is 1. The van der Waals surface area contributed by atoms with E-state index in [9.17, 15) is 4.79 Å². The minimum absolute atomic E-state index is 0.0899. The van der Waals surface area contributed by atoms with Crippen LogP contribution in [0.2, 0.25) is 0 Å². The maximum Gasteiger partial charge on any atom is 0.240 e. The molecule has 0 radical (unpaired) electrons. The number of nitrogens with zero attached hydrogens (tertiary/aromatic N) is 2. The number of nitrogens with one attached hydrogen (secondary N) is 1. The first-order valence-corrected chi connectivity index (χ1v) is 10.3. The Morgan fingerprint density at radius 2 is 2.15 bits per heavy atom. The molecule has 1 saturated heterocycles. The molecule has 0 bridgehead atoms. The number of fused-ring (bicyclic) bond motifs is 1. The Kier molecular flexibility index (Phi) is 5.09. The van der Waals surface area contributed by atoms with Crippen LogP contribution in [0.15, 0.2) is 47.8 Å². The highest BCUT2D eigenvalue weighted by molar-refractivity contribution is 7.13. The van der Waals surface area contributed by atoms with Crippen molar-refractivity contribution < 1.29 is 4.79 Å². The van der Waals surface area contributed by atoms with Crippen molar-refractivity contribution >= 4 is 28.1 Å². The molecule has 1 fully saturated rings. The fraction of sp³-hybridized carbons (Fsp3) is 0.381. The highest BCUT2D eigenvalue weighted by atomic mass is 32.1. The van der Waals surface area contributed by atoms with Gasteiger partial charge in [0.05, 0.1) is 10.6 Å². The number of carbonyl (C=O) groups is 1. The average molecular weight is 368 g/mol. The summed E-state index contributed by atoms with van der Waals surface area (Å²) in [6, 6.07) is 15.1. The number of benzene rings is 1. The molecule has 1 aliphatic heterocycles. The third-order valence-electron chi connectivity index (χ3n) is 5.33. The van der Waals surface area contributed by atoms with Crippen LogP contribution in [0.1, 0.15) is 19.8 Å². The van der Waals surface area contributed by atoms with E-state index in [1.54, 1.807) is 11.3 Å². The summed E-state index contributed by atoms with van der Waals surface area (Å²) in [6.45, 7) is 5.52. The van der Waals surface area contributed by atoms with E-state index in [1.165, 1.54) is 23.1 Å². The number of para-hydroxylation sites is 1. The van der Waals surface area contributed by atoms with Crippen molar-refractivity contribution in [2.45, 2.75) is 32.4 Å². The molecular formula is C21H25N3OS. The highest BCUT2D eigenvalue weighted by Gasteiger charge is 2.23. The second kappa shape index (κ2) is 7.64. The van der Waals surface area contributed by atoms with Crippen LogP contribution in [0.3, 0.4) is 0 Å². The molecule has 1 aliphatic rings. The van der Waals surface area contributed by atoms with Crippen LogP contribution in [0, 0.1) is 0 Å². The standard InChI is InChI=1S/C21H25N3OS/c1-2-23-11-5-8-17(23)14-22-21(25)15-24-18-9-4-3-7-16(18)13-19(24)20-10-6-12-26-20/h3-4,6-7,9-10,12-13,17H,2,5,8,11,14-15H2,1H3,(H,22,25)/t17-/m0/s1. The maximum atomic E-state index is 12.7. The largest absolute Gasteiger partial charge is 0.353 e. The molecule has 1 amide bonds. The molecule has 0 unspecified atom stereocenters. The van der Waals surface area contributed by atoms with Gasteiger partial charge in [-0.15, -0.1) is 11.3 Å². The van der Waals surface area contributed by atoms with Crippen molar-refractivity contribution in [2.24, 2.45) is 0 Å². The van der Waals surface area contributed by atoms with Gasteiger partial charge in [-0.05, 0) is 49.5 Å². The first-order valence-electron chi connectivity index (χ1n) is 9.39. The SMILES string of the molecule is CCN1CCC[C@H]1CNC(=O)Cn1c(-c2cccs2)cc2ccccc21. The number of amides is 1. The molecule has 4 rings (SSSR count). The van der Waals surface area contributed by atoms with Gasteiger partial charge in [0.15, 0.2) is 0 Å². The lowest BCUT2D eigenvalue weighted by atomic mass is 10.2. The monoisotopic (exact) mass is 367 g/mol. The summed E-state index contributed by atoms with van der Waals surface area (Å²) in [5.41, 5.74) is 2.23. The lowest BCUT2D eigenvalue weighted by Gasteiger charge is -2.23. The summed E-state index contributed by atoms with van der Waals surface area (Å²) in [4.78, 5) is 16.3. The van der Waals surface area contributed by atoms with E-state index in [0.717, 1.165) is 30.8 Å². The average Bonchev–Trinajstić information content (AvgIpc) is 3.39. The molecule has 26 heavy (non-hydrogen) atoms. The molecule has 3 heterocycles. The molecule has 2 aromatic heterocycles. The molecule has 0 aliphatic carbocycles. The molecular weight excluding hydrogens is 342 g/mol. The second-order valence-corrected chi connectivity index (χ2v) is 7.83. The van der Waals surface area contributed by atoms with Gasteiger partial charge in [-0.2, -0.15) is 0 Å². The van der Waals surface area contributed by atoms with E-state index >= 15 is 0 Å². The first kappa shape index (κ1) is 17.3. The van der Waals surface area contributed by atoms with Crippen LogP contribution >= 0.6 is 11.3 Å². The molecule has 136 valence electrons. The van der Waals surface area contributed by atoms with Crippen LogP contribution in [-0.4, -0.2) is 41.1 Å². The fourth-order valence-electron chi connectivity index (χ4n) is 3.98. The minimum atomic E-state index is 0.0899. The molecule has 1 aromatic carbocycles. The summed E-state index contributed by atoms with van der Waals surface area (Å²) in [6.07, 6.45) is 2.42. The van der Waals surface area contributed by atoms with E-state index in [2.05, 4.69) is 57.4 Å². The van der Waals surface area contributed by atoms with Crippen LogP contribution < -0.4 is 5.32 Å². The third-order valence-corrected chi connectivity index (χ3v) is 6.22. The lowest BCUT2D eigenvalue weighted by molar-refractivity contribution is -0.121. The number of hydrogen-bond acceptors (Lipinski definition) is 3. The number of rotatable bonds is 6. The van der Waals surface area contributed by atoms with Crippen molar-refractivity contribution in [1.82, 2.24) is 14.8 Å². The van der Waals surface area contributed by atoms with Gasteiger partial charge in [0.25, 0.3) is 0 Å². The van der Waals surface area contributed by atoms with Gasteiger partial charge < -0.3 is 9.88 Å². The second-order valence-electron chi connectivity index (χ2n) is 6.88. The van der Waals surface area contributed by atoms with Crippen LogP contribution in [0.25, 0.3) is 21.5 Å². The molecule has 0 spiro atoms. The first-order chi connectivity index (χ1) is 12.8. The van der Waals surface area contributed by atoms with Crippen LogP contribution in [0.5, 0.6) is 0 Å². The van der Waals surface area contributed by atoms with Crippen molar-refractivity contribution in [3.8, 4) is 10.6 Å². The quantitative estimate of drug-likeness (QED) is 0.716. The summed E-state index contributed by atoms with van der Waals surface area (Å²) in [5, 5.41) is 6.42. The van der Waals surface area contributed by atoms with Crippen molar-refractivity contribution in [3.05, 3.63) is 47.8 Å². The van der Waals surface area contributed by atoms with Crippen LogP contribution in [-0.2, 0) is 11.3 Å². The zero-order valence-corrected chi connectivity index (χ0v) is 16.0. The number of hydrogen-bond donors (Lipinski definition) is 1. The Morgan fingerprint density at radius 3 is 2.96 bits per heavy atom. The van der Waals surface area contributed by atoms with Gasteiger partial charge in [-0.1, -0.05) is 31.2 Å². The van der Waals surface area contributed by atoms with Crippen molar-refractivity contribution in [1.29, 1.82) is 0 Å². The predicted octanol–water partition coefficient (Wildman–Crippen LogP) is 3.97. The fourth-order valence-corrected chi connectivity index (χ4v) is 4.73. The summed E-state index contributed by atoms with van der Waals surface area (Å²) >= 11 is 1.71. The van der Waals surface area contributed by atoms with Gasteiger partial charge in [0.1, 0.15) is 6.54 Å². The van der Waals surface area contributed by atoms with Gasteiger partial charge in [0.2, 0.25) is 5.91 Å². The summed E-state index contributed by atoms with van der Waals surface area (Å²) in [5.74, 6) is 0.0899. The summed E-state index contributed by atoms with van der Waals surface area (Å²) in [7, 11) is 0. The highest BCUT2D eigenvalue weighted by Crippen LogP contribution is 2.31. The van der Waals surface area contributed by atoms with E-state index < -0.39 is 0 Å². The molecule has 1 N–H and O–H groups in total. The Balaban J connectivity index is 1.53. The zero-order chi connectivity index (χ0) is 17.9. The predicted molar refractivity (Wildman–Crippen MR) is 109 cm³/mol. The van der Waals surface area contributed by atoms with Crippen molar-refractivity contribution in [2.75, 3.05) is 19.6 Å². The molecule has 1 atom stereocenters. The smallest absolute Gasteiger partial charge is 0.240 e. The Hall–Kier alpha value is -2.11. The van der Waals surface area contributed by atoms with E-state index in [1.807, 2.05) is 12.1 Å². The van der Waals surface area contributed by atoms with E-state index in [4.69, 9.17) is 0 Å². The number of aromatic nitrogens is 1. The number of likely N-dealkylation sites (N-methyl/N-ethyl adjacent to an activating group) is 1. The van der Waals surface area contributed by atoms with E-state index in [0.29, 0.717) is 12.6 Å². The topological polar surface area (TPSA) is 37.3 Å². The third kappa shape index (κ3) is 3.41. The molecule has 5 heteroatoms. The van der Waals surface area contributed by atoms with Gasteiger partial charge in [-0.25, -0.2) is 0 Å².